The van der Waals surface area contributed by atoms with Crippen molar-refractivity contribution in [3.8, 4) is 0 Å². The second kappa shape index (κ2) is 27.1. The predicted molar refractivity (Wildman–Crippen MR) is 184 cm³/mol. The van der Waals surface area contributed by atoms with E-state index >= 15 is 0 Å². The van der Waals surface area contributed by atoms with Crippen LogP contribution in [0.5, 0.6) is 0 Å². The number of unbranched alkanes of at least 4 members (excludes halogenated alkanes) is 7. The molecule has 13 heteroatoms. The first-order valence-electron chi connectivity index (χ1n) is 17.5. The van der Waals surface area contributed by atoms with Crippen LogP contribution in [-0.2, 0) is 27.9 Å². The fraction of sp³-hybridized carbons (Fsp3) is 0.743. The predicted octanol–water partition coefficient (Wildman–Crippen LogP) is 4.96. The lowest BCUT2D eigenvalue weighted by Gasteiger charge is -2.41. The van der Waals surface area contributed by atoms with E-state index in [9.17, 15) is 39.8 Å². The Balaban J connectivity index is 2.54. The molecule has 6 N–H and O–H groups in total. The van der Waals surface area contributed by atoms with Gasteiger partial charge >= 0.3 is 13.8 Å². The molecule has 0 radical (unpaired) electrons. The average Bonchev–Trinajstić information content (AvgIpc) is 3.06. The van der Waals surface area contributed by atoms with Gasteiger partial charge in [-0.3, -0.25) is 13.8 Å². The summed E-state index contributed by atoms with van der Waals surface area (Å²) in [5.74, 6) is -0.507. The fourth-order valence-electron chi connectivity index (χ4n) is 4.89. The maximum atomic E-state index is 12.7. The van der Waals surface area contributed by atoms with Crippen molar-refractivity contribution in [1.29, 1.82) is 0 Å². The van der Waals surface area contributed by atoms with E-state index in [0.29, 0.717) is 19.4 Å². The van der Waals surface area contributed by atoms with Crippen molar-refractivity contribution in [2.45, 2.75) is 146 Å². The van der Waals surface area contributed by atoms with Crippen LogP contribution >= 0.6 is 7.82 Å². The average molecular weight is 705 g/mol. The highest BCUT2D eigenvalue weighted by Crippen LogP contribution is 2.47. The summed E-state index contributed by atoms with van der Waals surface area (Å²) in [6.45, 7) is 3.89. The maximum absolute atomic E-state index is 12.7. The Morgan fingerprint density at radius 2 is 1.21 bits per heavy atom. The number of rotatable bonds is 27. The van der Waals surface area contributed by atoms with Crippen molar-refractivity contribution < 1.29 is 58.3 Å². The molecule has 0 saturated heterocycles. The number of esters is 1. The minimum absolute atomic E-state index is 0.116. The van der Waals surface area contributed by atoms with Crippen molar-refractivity contribution in [2.24, 2.45) is 0 Å². The number of aliphatic hydroxyl groups is 5. The van der Waals surface area contributed by atoms with Crippen molar-refractivity contribution in [3.05, 3.63) is 48.6 Å². The van der Waals surface area contributed by atoms with Gasteiger partial charge in [-0.25, -0.2) is 4.57 Å². The first-order valence-corrected chi connectivity index (χ1v) is 19.0. The number of allylic oxidation sites excluding steroid dienone is 8. The van der Waals surface area contributed by atoms with Crippen LogP contribution in [0.2, 0.25) is 0 Å². The first kappa shape index (κ1) is 44.3. The molecule has 6 unspecified atom stereocenters. The molecule has 48 heavy (non-hydrogen) atoms. The third-order valence-electron chi connectivity index (χ3n) is 7.72. The summed E-state index contributed by atoms with van der Waals surface area (Å²) in [6, 6.07) is 0. The van der Waals surface area contributed by atoms with Crippen molar-refractivity contribution in [3.63, 3.8) is 0 Å². The minimum Gasteiger partial charge on any atom is -0.457 e. The summed E-state index contributed by atoms with van der Waals surface area (Å²) in [6.07, 6.45) is 16.7. The van der Waals surface area contributed by atoms with E-state index in [-0.39, 0.29) is 13.0 Å². The molecule has 0 amide bonds. The molecule has 1 fully saturated rings. The van der Waals surface area contributed by atoms with E-state index < -0.39 is 63.1 Å². The molecular weight excluding hydrogens is 643 g/mol. The highest BCUT2D eigenvalue weighted by molar-refractivity contribution is 7.47. The van der Waals surface area contributed by atoms with Gasteiger partial charge in [0.05, 0.1) is 13.2 Å². The Morgan fingerprint density at radius 3 is 1.79 bits per heavy atom. The van der Waals surface area contributed by atoms with Gasteiger partial charge in [0.2, 0.25) is 0 Å². The largest absolute Gasteiger partial charge is 0.472 e. The van der Waals surface area contributed by atoms with E-state index in [1.165, 1.54) is 6.42 Å². The van der Waals surface area contributed by atoms with E-state index in [1.54, 1.807) is 0 Å². The molecule has 1 aliphatic rings. The van der Waals surface area contributed by atoms with Crippen LogP contribution in [-0.4, -0.2) is 98.9 Å². The highest BCUT2D eigenvalue weighted by atomic mass is 31.2. The summed E-state index contributed by atoms with van der Waals surface area (Å²) in [4.78, 5) is 22.8. The lowest BCUT2D eigenvalue weighted by molar-refractivity contribution is -0.220. The third-order valence-corrected chi connectivity index (χ3v) is 8.70. The second-order valence-corrected chi connectivity index (χ2v) is 13.4. The van der Waals surface area contributed by atoms with Gasteiger partial charge < -0.3 is 39.9 Å². The number of carbonyl (C=O) groups is 1. The van der Waals surface area contributed by atoms with Crippen molar-refractivity contribution >= 4 is 13.8 Å². The molecule has 0 aliphatic heterocycles. The van der Waals surface area contributed by atoms with Crippen LogP contribution < -0.4 is 0 Å². The lowest BCUT2D eigenvalue weighted by atomic mass is 9.85. The van der Waals surface area contributed by atoms with Crippen LogP contribution in [0.1, 0.15) is 104 Å². The van der Waals surface area contributed by atoms with Crippen LogP contribution in [0.25, 0.3) is 0 Å². The fourth-order valence-corrected chi connectivity index (χ4v) is 5.86. The third kappa shape index (κ3) is 20.1. The molecule has 0 aromatic rings. The molecule has 1 aliphatic carbocycles. The molecule has 1 saturated carbocycles. The summed E-state index contributed by atoms with van der Waals surface area (Å²) >= 11 is 0. The molecule has 12 nitrogen and oxygen atoms in total. The van der Waals surface area contributed by atoms with E-state index in [1.807, 2.05) is 0 Å². The highest BCUT2D eigenvalue weighted by Gasteiger charge is 2.51. The first-order chi connectivity index (χ1) is 23.0. The molecule has 0 aromatic carbocycles. The number of phosphoric acid groups is 1. The summed E-state index contributed by atoms with van der Waals surface area (Å²) in [7, 11) is -5.01. The molecule has 0 bridgehead atoms. The van der Waals surface area contributed by atoms with Gasteiger partial charge in [-0.15, -0.1) is 0 Å². The van der Waals surface area contributed by atoms with Crippen LogP contribution in [0.15, 0.2) is 48.6 Å². The van der Waals surface area contributed by atoms with E-state index in [4.69, 9.17) is 18.5 Å². The molecule has 278 valence electrons. The van der Waals surface area contributed by atoms with E-state index in [0.717, 1.165) is 64.2 Å². The number of hydrogen-bond donors (Lipinski definition) is 6. The zero-order valence-electron chi connectivity index (χ0n) is 28.8. The number of phosphoric ester groups is 1. The number of aliphatic hydroxyl groups excluding tert-OH is 5. The zero-order valence-corrected chi connectivity index (χ0v) is 29.7. The smallest absolute Gasteiger partial charge is 0.457 e. The van der Waals surface area contributed by atoms with E-state index in [2.05, 4.69) is 62.5 Å². The second-order valence-electron chi connectivity index (χ2n) is 12.0. The van der Waals surface area contributed by atoms with Gasteiger partial charge in [-0.05, 0) is 44.9 Å². The zero-order chi connectivity index (χ0) is 35.6. The van der Waals surface area contributed by atoms with Gasteiger partial charge in [0.15, 0.2) is 0 Å². The summed E-state index contributed by atoms with van der Waals surface area (Å²) in [5, 5.41) is 49.7. The number of carbonyl (C=O) groups excluding carboxylic acids is 1. The minimum atomic E-state index is -5.01. The van der Waals surface area contributed by atoms with Gasteiger partial charge in [0, 0.05) is 13.0 Å². The van der Waals surface area contributed by atoms with Gasteiger partial charge in [-0.1, -0.05) is 101 Å². The molecule has 0 spiro atoms. The summed E-state index contributed by atoms with van der Waals surface area (Å²) in [5.41, 5.74) is 0. The van der Waals surface area contributed by atoms with Crippen molar-refractivity contribution in [2.75, 3.05) is 19.8 Å². The van der Waals surface area contributed by atoms with Crippen molar-refractivity contribution in [1.82, 2.24) is 0 Å². The Labute approximate surface area is 286 Å². The van der Waals surface area contributed by atoms with Gasteiger partial charge in [0.1, 0.15) is 42.7 Å². The Morgan fingerprint density at radius 1 is 0.688 bits per heavy atom. The van der Waals surface area contributed by atoms with Crippen LogP contribution in [0, 0.1) is 0 Å². The lowest BCUT2D eigenvalue weighted by Crippen LogP contribution is -2.64. The summed E-state index contributed by atoms with van der Waals surface area (Å²) < 4.78 is 33.7. The SMILES string of the molecule is CC/C=C\C/C=C\C/C=C\C/C=C\CCCOCC(COP(=O)(O)OC1C(O)C(O)C(O)C(O)C1O)OC(=O)CCCCCCCCC. The number of hydrogen-bond acceptors (Lipinski definition) is 11. The Bertz CT molecular complexity index is 984. The Hall–Kier alpha value is -1.70. The normalized spacial score (nSPS) is 25.4. The molecular formula is C35H61O12P. The van der Waals surface area contributed by atoms with Crippen LogP contribution in [0.4, 0.5) is 0 Å². The Kier molecular flexibility index (Phi) is 25.0. The molecule has 0 aromatic heterocycles. The standard InChI is InChI=1S/C35H61O12P/c1-3-5-7-9-11-12-13-14-15-16-17-19-21-23-25-44-26-28(46-29(36)24-22-20-18-10-8-6-4-2)27-45-48(42,43)47-35-33(40)31(38)30(37)32(39)34(35)41/h5,7,11-12,14-15,17,19,28,30-35,37-41H,3-4,6,8-10,13,16,18,20-27H2,1-2H3,(H,42,43)/b7-5-,12-11-,15-14-,19-17-. The molecule has 1 rings (SSSR count). The van der Waals surface area contributed by atoms with Gasteiger partial charge in [0.25, 0.3) is 0 Å². The number of ether oxygens (including phenoxy) is 2. The molecule has 6 atom stereocenters. The maximum Gasteiger partial charge on any atom is 0.472 e. The van der Waals surface area contributed by atoms with Crippen LogP contribution in [0.3, 0.4) is 0 Å². The topological polar surface area (TPSA) is 192 Å². The molecule has 0 heterocycles. The quantitative estimate of drug-likeness (QED) is 0.0292. The monoisotopic (exact) mass is 704 g/mol. The van der Waals surface area contributed by atoms with Gasteiger partial charge in [-0.2, -0.15) is 0 Å².